The van der Waals surface area contributed by atoms with Gasteiger partial charge in [0.05, 0.1) is 5.56 Å². The van der Waals surface area contributed by atoms with Crippen LogP contribution in [0.1, 0.15) is 35.2 Å². The first-order valence-corrected chi connectivity index (χ1v) is 13.7. The van der Waals surface area contributed by atoms with Gasteiger partial charge in [-0.3, -0.25) is 9.79 Å². The molecule has 2 fully saturated rings. The molecule has 5 rings (SSSR count). The third-order valence-electron chi connectivity index (χ3n) is 7.30. The van der Waals surface area contributed by atoms with Crippen molar-refractivity contribution < 1.29 is 19.1 Å². The number of amides is 2. The fraction of sp³-hybridized carbons (Fsp3) is 0.333. The van der Waals surface area contributed by atoms with Gasteiger partial charge >= 0.3 is 6.09 Å². The SMILES string of the molecule is CN=CC(=CN)c1cnc(N)c(C(=O)N[C@@H]2CCN(C(=O)Oc3ccc4ccc(OC5CCNCC5)cc4c3)C2)c1. The highest BCUT2D eigenvalue weighted by molar-refractivity contribution is 6.10. The van der Waals surface area contributed by atoms with Crippen LogP contribution < -0.4 is 31.6 Å². The number of fused-ring (bicyclic) bond motifs is 1. The molecule has 3 aromatic rings. The largest absolute Gasteiger partial charge is 0.490 e. The molecular weight excluding hydrogens is 522 g/mol. The van der Waals surface area contributed by atoms with Crippen molar-refractivity contribution >= 4 is 40.4 Å². The zero-order valence-corrected chi connectivity index (χ0v) is 23.0. The number of aromatic nitrogens is 1. The highest BCUT2D eigenvalue weighted by atomic mass is 16.6. The van der Waals surface area contributed by atoms with E-state index in [2.05, 4.69) is 20.6 Å². The molecule has 0 radical (unpaired) electrons. The van der Waals surface area contributed by atoms with Crippen molar-refractivity contribution in [2.45, 2.75) is 31.4 Å². The smallest absolute Gasteiger partial charge is 0.415 e. The minimum atomic E-state index is -0.469. The Kier molecular flexibility index (Phi) is 8.64. The van der Waals surface area contributed by atoms with Crippen LogP contribution >= 0.6 is 0 Å². The van der Waals surface area contributed by atoms with Gasteiger partial charge in [-0.1, -0.05) is 12.1 Å². The monoisotopic (exact) mass is 557 g/mol. The van der Waals surface area contributed by atoms with Gasteiger partial charge in [-0.15, -0.1) is 0 Å². The highest BCUT2D eigenvalue weighted by Gasteiger charge is 2.29. The lowest BCUT2D eigenvalue weighted by Crippen LogP contribution is -2.39. The van der Waals surface area contributed by atoms with Crippen LogP contribution in [0.25, 0.3) is 16.3 Å². The van der Waals surface area contributed by atoms with E-state index in [0.29, 0.717) is 36.4 Å². The van der Waals surface area contributed by atoms with Crippen LogP contribution in [0.15, 0.2) is 59.9 Å². The van der Waals surface area contributed by atoms with Gasteiger partial charge in [-0.25, -0.2) is 9.78 Å². The Labute approximate surface area is 238 Å². The summed E-state index contributed by atoms with van der Waals surface area (Å²) in [6.07, 6.45) is 6.77. The molecule has 0 saturated carbocycles. The van der Waals surface area contributed by atoms with Crippen LogP contribution in [-0.2, 0) is 0 Å². The van der Waals surface area contributed by atoms with E-state index in [1.54, 1.807) is 30.3 Å². The van der Waals surface area contributed by atoms with E-state index < -0.39 is 6.09 Å². The number of rotatable bonds is 7. The molecule has 3 heterocycles. The Balaban J connectivity index is 1.19. The van der Waals surface area contributed by atoms with Crippen LogP contribution in [0, 0.1) is 0 Å². The number of aliphatic imine (C=N–C) groups is 1. The minimum Gasteiger partial charge on any atom is -0.490 e. The van der Waals surface area contributed by atoms with Crippen molar-refractivity contribution in [1.29, 1.82) is 0 Å². The molecular formula is C30H35N7O4. The number of carbonyl (C=O) groups excluding carboxylic acids is 2. The number of nitrogens with zero attached hydrogens (tertiary/aromatic N) is 3. The second-order valence-electron chi connectivity index (χ2n) is 10.2. The van der Waals surface area contributed by atoms with E-state index in [1.807, 2.05) is 30.3 Å². The summed E-state index contributed by atoms with van der Waals surface area (Å²) in [5, 5.41) is 8.25. The number of hydrogen-bond donors (Lipinski definition) is 4. The average Bonchev–Trinajstić information content (AvgIpc) is 3.45. The summed E-state index contributed by atoms with van der Waals surface area (Å²) < 4.78 is 11.9. The molecule has 2 aliphatic rings. The third-order valence-corrected chi connectivity index (χ3v) is 7.30. The predicted molar refractivity (Wildman–Crippen MR) is 159 cm³/mol. The first-order chi connectivity index (χ1) is 19.9. The lowest BCUT2D eigenvalue weighted by molar-refractivity contribution is 0.0937. The van der Waals surface area contributed by atoms with Crippen molar-refractivity contribution in [3.05, 3.63) is 66.0 Å². The van der Waals surface area contributed by atoms with Crippen LogP contribution in [-0.4, -0.2) is 73.5 Å². The number of ether oxygens (including phenoxy) is 2. The van der Waals surface area contributed by atoms with Crippen LogP contribution in [0.3, 0.4) is 0 Å². The predicted octanol–water partition coefficient (Wildman–Crippen LogP) is 2.95. The Bertz CT molecular complexity index is 1480. The maximum atomic E-state index is 13.0. The lowest BCUT2D eigenvalue weighted by atomic mass is 10.1. The maximum Gasteiger partial charge on any atom is 0.415 e. The number of nitrogens with two attached hydrogens (primary N) is 2. The van der Waals surface area contributed by atoms with E-state index in [-0.39, 0.29) is 29.4 Å². The van der Waals surface area contributed by atoms with E-state index in [0.717, 1.165) is 42.5 Å². The van der Waals surface area contributed by atoms with Crippen molar-refractivity contribution in [3.63, 3.8) is 0 Å². The van der Waals surface area contributed by atoms with Crippen molar-refractivity contribution in [3.8, 4) is 11.5 Å². The quantitative estimate of drug-likeness (QED) is 0.323. The first kappa shape index (κ1) is 27.9. The normalized spacial score (nSPS) is 18.1. The molecule has 0 bridgehead atoms. The topological polar surface area (TPSA) is 157 Å². The molecule has 11 nitrogen and oxygen atoms in total. The summed E-state index contributed by atoms with van der Waals surface area (Å²) in [4.78, 5) is 35.7. The van der Waals surface area contributed by atoms with Gasteiger partial charge in [0.15, 0.2) is 0 Å². The van der Waals surface area contributed by atoms with Crippen molar-refractivity contribution in [2.24, 2.45) is 10.7 Å². The summed E-state index contributed by atoms with van der Waals surface area (Å²) in [7, 11) is 1.63. The van der Waals surface area contributed by atoms with Crippen LogP contribution in [0.4, 0.5) is 10.6 Å². The molecule has 0 spiro atoms. The van der Waals surface area contributed by atoms with Crippen LogP contribution in [0.2, 0.25) is 0 Å². The Morgan fingerprint density at radius 2 is 1.85 bits per heavy atom. The van der Waals surface area contributed by atoms with Gasteiger partial charge < -0.3 is 36.5 Å². The Morgan fingerprint density at radius 3 is 2.61 bits per heavy atom. The van der Waals surface area contributed by atoms with Crippen molar-refractivity contribution in [1.82, 2.24) is 20.5 Å². The third kappa shape index (κ3) is 6.75. The number of allylic oxidation sites excluding steroid dienone is 1. The number of nitrogen functional groups attached to an aromatic ring is 1. The zero-order valence-electron chi connectivity index (χ0n) is 23.0. The highest BCUT2D eigenvalue weighted by Crippen LogP contribution is 2.27. The van der Waals surface area contributed by atoms with Gasteiger partial charge in [-0.2, -0.15) is 0 Å². The summed E-state index contributed by atoms with van der Waals surface area (Å²) >= 11 is 0. The fourth-order valence-corrected chi connectivity index (χ4v) is 5.09. The second kappa shape index (κ2) is 12.7. The summed E-state index contributed by atoms with van der Waals surface area (Å²) in [6, 6.07) is 12.9. The molecule has 11 heteroatoms. The summed E-state index contributed by atoms with van der Waals surface area (Å²) in [5.41, 5.74) is 13.1. The van der Waals surface area contributed by atoms with E-state index >= 15 is 0 Å². The second-order valence-corrected chi connectivity index (χ2v) is 10.2. The standard InChI is InChI=1S/C30H35N7O4/c1-33-16-22(15-31)21-14-27(28(32)35-17-21)29(38)36-23-8-11-37(18-23)30(39)41-26-5-3-19-2-4-25(12-20(19)13-26)40-24-6-9-34-10-7-24/h2-5,12-17,23-24,34H,6-11,18,31H2,1H3,(H2,32,35)(H,36,38)/t23-/m1/s1. The number of piperidine rings is 1. The number of benzene rings is 2. The number of nitrogens with one attached hydrogen (secondary N) is 2. The molecule has 2 aromatic carbocycles. The number of likely N-dealkylation sites (tertiary alicyclic amines) is 1. The fourth-order valence-electron chi connectivity index (χ4n) is 5.09. The van der Waals surface area contributed by atoms with Gasteiger partial charge in [0.1, 0.15) is 23.4 Å². The van der Waals surface area contributed by atoms with Gasteiger partial charge in [0.25, 0.3) is 5.91 Å². The van der Waals surface area contributed by atoms with Gasteiger partial charge in [-0.05, 0) is 73.5 Å². The van der Waals surface area contributed by atoms with Crippen LogP contribution in [0.5, 0.6) is 11.5 Å². The van der Waals surface area contributed by atoms with Crippen molar-refractivity contribution in [2.75, 3.05) is 39.0 Å². The molecule has 0 aliphatic carbocycles. The average molecular weight is 558 g/mol. The molecule has 2 saturated heterocycles. The maximum absolute atomic E-state index is 13.0. The number of hydrogen-bond acceptors (Lipinski definition) is 9. The minimum absolute atomic E-state index is 0.103. The van der Waals surface area contributed by atoms with Gasteiger partial charge in [0.2, 0.25) is 0 Å². The first-order valence-electron chi connectivity index (χ1n) is 13.7. The lowest BCUT2D eigenvalue weighted by Gasteiger charge is -2.24. The molecule has 214 valence electrons. The van der Waals surface area contributed by atoms with E-state index in [1.165, 1.54) is 12.4 Å². The zero-order chi connectivity index (χ0) is 28.8. The molecule has 1 aromatic heterocycles. The van der Waals surface area contributed by atoms with E-state index in [9.17, 15) is 9.59 Å². The molecule has 2 aliphatic heterocycles. The number of pyridine rings is 1. The molecule has 1 atom stereocenters. The van der Waals surface area contributed by atoms with Gasteiger partial charge in [0, 0.05) is 55.9 Å². The van der Waals surface area contributed by atoms with E-state index in [4.69, 9.17) is 20.9 Å². The molecule has 0 unspecified atom stereocenters. The molecule has 6 N–H and O–H groups in total. The number of anilines is 1. The summed E-state index contributed by atoms with van der Waals surface area (Å²) in [5.74, 6) is 0.982. The number of carbonyl (C=O) groups is 2. The molecule has 41 heavy (non-hydrogen) atoms. The Hall–Kier alpha value is -4.64. The molecule has 2 amide bonds. The summed E-state index contributed by atoms with van der Waals surface area (Å²) in [6.45, 7) is 2.68. The Morgan fingerprint density at radius 1 is 1.10 bits per heavy atom.